The van der Waals surface area contributed by atoms with Crippen molar-refractivity contribution < 1.29 is 14.3 Å². The molecule has 23 heavy (non-hydrogen) atoms. The van der Waals surface area contributed by atoms with Gasteiger partial charge >= 0.3 is 0 Å². The molecule has 0 aliphatic carbocycles. The number of hydrogen-bond acceptors (Lipinski definition) is 3. The zero-order valence-electron chi connectivity index (χ0n) is 12.3. The Bertz CT molecular complexity index is 734. The Balaban J connectivity index is 1.67. The lowest BCUT2D eigenvalue weighted by Crippen LogP contribution is -2.45. The molecule has 0 bridgehead atoms. The van der Waals surface area contributed by atoms with Crippen LogP contribution in [0.3, 0.4) is 0 Å². The first-order valence-corrected chi connectivity index (χ1v) is 7.96. The standard InChI is InChI=1S/C17H15BrN2O3/c18-13-6-7-14-15(8-13)23-11-17(22)20(14)10-16(21)19-9-12-4-2-1-3-5-12/h1-8H,9-11H2,(H,19,21). The number of benzene rings is 2. The molecule has 0 fully saturated rings. The van der Waals surface area contributed by atoms with E-state index < -0.39 is 0 Å². The molecule has 0 saturated heterocycles. The largest absolute Gasteiger partial charge is 0.482 e. The molecule has 0 radical (unpaired) electrons. The topological polar surface area (TPSA) is 58.6 Å². The first-order valence-electron chi connectivity index (χ1n) is 7.17. The predicted molar refractivity (Wildman–Crippen MR) is 90.3 cm³/mol. The molecule has 0 saturated carbocycles. The lowest BCUT2D eigenvalue weighted by Gasteiger charge is -2.29. The number of carbonyl (C=O) groups excluding carboxylic acids is 2. The van der Waals surface area contributed by atoms with E-state index in [1.54, 1.807) is 12.1 Å². The molecule has 0 aromatic heterocycles. The van der Waals surface area contributed by atoms with Crippen LogP contribution in [-0.4, -0.2) is 25.0 Å². The quantitative estimate of drug-likeness (QED) is 0.894. The number of carbonyl (C=O) groups is 2. The van der Waals surface area contributed by atoms with E-state index in [9.17, 15) is 9.59 Å². The Morgan fingerprint density at radius 2 is 2.00 bits per heavy atom. The molecule has 1 aliphatic heterocycles. The molecule has 1 heterocycles. The molecule has 0 spiro atoms. The molecule has 0 atom stereocenters. The van der Waals surface area contributed by atoms with Crippen LogP contribution in [0.4, 0.5) is 5.69 Å². The zero-order chi connectivity index (χ0) is 16.2. The van der Waals surface area contributed by atoms with Crippen molar-refractivity contribution in [3.63, 3.8) is 0 Å². The van der Waals surface area contributed by atoms with Crippen LogP contribution in [0.25, 0.3) is 0 Å². The molecule has 2 aromatic carbocycles. The summed E-state index contributed by atoms with van der Waals surface area (Å²) < 4.78 is 6.26. The van der Waals surface area contributed by atoms with Crippen molar-refractivity contribution in [2.24, 2.45) is 0 Å². The Labute approximate surface area is 142 Å². The van der Waals surface area contributed by atoms with Crippen molar-refractivity contribution in [1.82, 2.24) is 5.32 Å². The maximum Gasteiger partial charge on any atom is 0.265 e. The van der Waals surface area contributed by atoms with E-state index in [2.05, 4.69) is 21.2 Å². The van der Waals surface area contributed by atoms with E-state index in [1.807, 2.05) is 36.4 Å². The average molecular weight is 375 g/mol. The van der Waals surface area contributed by atoms with Gasteiger partial charge in [0, 0.05) is 11.0 Å². The second kappa shape index (κ2) is 6.83. The van der Waals surface area contributed by atoms with Gasteiger partial charge in [0.25, 0.3) is 5.91 Å². The van der Waals surface area contributed by atoms with Gasteiger partial charge in [-0.15, -0.1) is 0 Å². The van der Waals surface area contributed by atoms with Crippen LogP contribution >= 0.6 is 15.9 Å². The molecule has 1 aliphatic rings. The highest BCUT2D eigenvalue weighted by Crippen LogP contribution is 2.34. The fourth-order valence-electron chi connectivity index (χ4n) is 2.35. The number of nitrogens with zero attached hydrogens (tertiary/aromatic N) is 1. The number of amides is 2. The average Bonchev–Trinajstić information content (AvgIpc) is 2.56. The van der Waals surface area contributed by atoms with Gasteiger partial charge in [0.2, 0.25) is 5.91 Å². The van der Waals surface area contributed by atoms with Gasteiger partial charge in [-0.05, 0) is 23.8 Å². The molecule has 5 nitrogen and oxygen atoms in total. The van der Waals surface area contributed by atoms with Crippen LogP contribution in [0.1, 0.15) is 5.56 Å². The summed E-state index contributed by atoms with van der Waals surface area (Å²) in [6.45, 7) is 0.352. The summed E-state index contributed by atoms with van der Waals surface area (Å²) in [6.07, 6.45) is 0. The van der Waals surface area contributed by atoms with E-state index in [0.29, 0.717) is 18.0 Å². The fourth-order valence-corrected chi connectivity index (χ4v) is 2.69. The minimum absolute atomic E-state index is 0.0241. The van der Waals surface area contributed by atoms with Crippen molar-refractivity contribution in [3.8, 4) is 5.75 Å². The third-order valence-electron chi connectivity index (χ3n) is 3.50. The Morgan fingerprint density at radius 3 is 2.78 bits per heavy atom. The number of hydrogen-bond donors (Lipinski definition) is 1. The number of halogens is 1. The summed E-state index contributed by atoms with van der Waals surface area (Å²) in [6, 6.07) is 15.0. The molecular formula is C17H15BrN2O3. The lowest BCUT2D eigenvalue weighted by molar-refractivity contribution is -0.125. The summed E-state index contributed by atoms with van der Waals surface area (Å²) in [4.78, 5) is 25.7. The normalized spacial score (nSPS) is 13.3. The summed E-state index contributed by atoms with van der Waals surface area (Å²) in [5.74, 6) is 0.155. The molecule has 6 heteroatoms. The smallest absolute Gasteiger partial charge is 0.265 e. The number of fused-ring (bicyclic) bond motifs is 1. The number of rotatable bonds is 4. The first-order chi connectivity index (χ1) is 11.1. The summed E-state index contributed by atoms with van der Waals surface area (Å²) in [5, 5.41) is 2.83. The maximum atomic E-state index is 12.2. The molecule has 1 N–H and O–H groups in total. The lowest BCUT2D eigenvalue weighted by atomic mass is 10.2. The van der Waals surface area contributed by atoms with Gasteiger partial charge in [0.05, 0.1) is 5.69 Å². The third kappa shape index (κ3) is 3.71. The van der Waals surface area contributed by atoms with Crippen LogP contribution < -0.4 is 15.0 Å². The Hall–Kier alpha value is -2.34. The van der Waals surface area contributed by atoms with Crippen molar-refractivity contribution >= 4 is 33.4 Å². The van der Waals surface area contributed by atoms with Crippen LogP contribution in [0.5, 0.6) is 5.75 Å². The van der Waals surface area contributed by atoms with Gasteiger partial charge in [-0.25, -0.2) is 0 Å². The highest BCUT2D eigenvalue weighted by atomic mass is 79.9. The minimum atomic E-state index is -0.227. The summed E-state index contributed by atoms with van der Waals surface area (Å²) in [7, 11) is 0. The number of ether oxygens (including phenoxy) is 1. The highest BCUT2D eigenvalue weighted by molar-refractivity contribution is 9.10. The molecule has 118 valence electrons. The second-order valence-corrected chi connectivity index (χ2v) is 6.06. The molecule has 2 aromatic rings. The Morgan fingerprint density at radius 1 is 1.22 bits per heavy atom. The van der Waals surface area contributed by atoms with E-state index in [1.165, 1.54) is 4.90 Å². The van der Waals surface area contributed by atoms with E-state index in [-0.39, 0.29) is 25.0 Å². The van der Waals surface area contributed by atoms with Gasteiger partial charge in [-0.2, -0.15) is 0 Å². The van der Waals surface area contributed by atoms with Crippen LogP contribution in [0.15, 0.2) is 53.0 Å². The van der Waals surface area contributed by atoms with E-state index in [4.69, 9.17) is 4.74 Å². The molecular weight excluding hydrogens is 360 g/mol. The van der Waals surface area contributed by atoms with Crippen molar-refractivity contribution in [2.75, 3.05) is 18.1 Å². The highest BCUT2D eigenvalue weighted by Gasteiger charge is 2.27. The predicted octanol–water partition coefficient (Wildman–Crippen LogP) is 2.49. The third-order valence-corrected chi connectivity index (χ3v) is 3.99. The molecule has 3 rings (SSSR count). The Kier molecular flexibility index (Phi) is 4.62. The molecule has 0 unspecified atom stereocenters. The van der Waals surface area contributed by atoms with E-state index >= 15 is 0 Å². The minimum Gasteiger partial charge on any atom is -0.482 e. The second-order valence-electron chi connectivity index (χ2n) is 5.14. The van der Waals surface area contributed by atoms with Gasteiger partial charge in [-0.3, -0.25) is 14.5 Å². The number of anilines is 1. The van der Waals surface area contributed by atoms with Gasteiger partial charge < -0.3 is 10.1 Å². The van der Waals surface area contributed by atoms with Crippen molar-refractivity contribution in [2.45, 2.75) is 6.54 Å². The van der Waals surface area contributed by atoms with Crippen LogP contribution in [0.2, 0.25) is 0 Å². The SMILES string of the molecule is O=C(CN1C(=O)COc2cc(Br)ccc21)NCc1ccccc1. The van der Waals surface area contributed by atoms with Gasteiger partial charge in [0.1, 0.15) is 12.3 Å². The maximum absolute atomic E-state index is 12.2. The summed E-state index contributed by atoms with van der Waals surface area (Å²) in [5.41, 5.74) is 1.62. The van der Waals surface area contributed by atoms with Crippen LogP contribution in [0, 0.1) is 0 Å². The van der Waals surface area contributed by atoms with Crippen molar-refractivity contribution in [3.05, 3.63) is 58.6 Å². The first kappa shape index (κ1) is 15.6. The van der Waals surface area contributed by atoms with Crippen LogP contribution in [-0.2, 0) is 16.1 Å². The molecule has 2 amide bonds. The zero-order valence-corrected chi connectivity index (χ0v) is 13.9. The summed E-state index contributed by atoms with van der Waals surface area (Å²) >= 11 is 3.36. The van der Waals surface area contributed by atoms with Gasteiger partial charge in [0.15, 0.2) is 6.61 Å². The number of nitrogens with one attached hydrogen (secondary N) is 1. The fraction of sp³-hybridized carbons (Fsp3) is 0.176. The monoisotopic (exact) mass is 374 g/mol. The van der Waals surface area contributed by atoms with E-state index in [0.717, 1.165) is 10.0 Å². The van der Waals surface area contributed by atoms with Gasteiger partial charge in [-0.1, -0.05) is 46.3 Å². The van der Waals surface area contributed by atoms with Crippen molar-refractivity contribution in [1.29, 1.82) is 0 Å².